The number of hydrogen-bond acceptors (Lipinski definition) is 4. The van der Waals surface area contributed by atoms with Crippen molar-refractivity contribution in [2.45, 2.75) is 0 Å². The quantitative estimate of drug-likeness (QED) is 0.587. The van der Waals surface area contributed by atoms with E-state index in [9.17, 15) is 0 Å². The smallest absolute Gasteiger partial charge is 0.138 e. The van der Waals surface area contributed by atoms with Crippen LogP contribution in [0.4, 0.5) is 5.00 Å². The van der Waals surface area contributed by atoms with Crippen LogP contribution in [0.15, 0.2) is 4.99 Å². The van der Waals surface area contributed by atoms with Crippen LogP contribution in [0.5, 0.6) is 0 Å². The van der Waals surface area contributed by atoms with Crippen LogP contribution in [0.1, 0.15) is 10.4 Å². The van der Waals surface area contributed by atoms with E-state index in [1.807, 2.05) is 26.2 Å². The largest absolute Gasteiger partial charge is 0.369 e. The van der Waals surface area contributed by atoms with Crippen LogP contribution in [0.3, 0.4) is 0 Å². The third-order valence-electron chi connectivity index (χ3n) is 1.45. The third-order valence-corrected chi connectivity index (χ3v) is 2.94. The maximum absolute atomic E-state index is 8.85. The van der Waals surface area contributed by atoms with Crippen molar-refractivity contribution in [3.8, 4) is 12.1 Å². The highest BCUT2D eigenvalue weighted by atomic mass is 35.5. The van der Waals surface area contributed by atoms with Gasteiger partial charge in [-0.1, -0.05) is 11.6 Å². The lowest BCUT2D eigenvalue weighted by atomic mass is 10.3. The monoisotopic (exact) mass is 238 g/mol. The highest BCUT2D eigenvalue weighted by molar-refractivity contribution is 7.17. The first kappa shape index (κ1) is 11.5. The van der Waals surface area contributed by atoms with Crippen molar-refractivity contribution in [1.29, 1.82) is 10.5 Å². The van der Waals surface area contributed by atoms with Crippen LogP contribution < -0.4 is 0 Å². The van der Waals surface area contributed by atoms with Crippen LogP contribution in [-0.2, 0) is 0 Å². The summed E-state index contributed by atoms with van der Waals surface area (Å²) in [7, 11) is 3.63. The number of halogens is 1. The number of hydrogen-bond donors (Lipinski definition) is 0. The predicted molar refractivity (Wildman–Crippen MR) is 60.6 cm³/mol. The highest BCUT2D eigenvalue weighted by Crippen LogP contribution is 2.37. The lowest BCUT2D eigenvalue weighted by Crippen LogP contribution is -2.06. The molecule has 6 heteroatoms. The van der Waals surface area contributed by atoms with Crippen molar-refractivity contribution < 1.29 is 0 Å². The fraction of sp³-hybridized carbons (Fsp3) is 0.222. The van der Waals surface area contributed by atoms with Gasteiger partial charge in [0.1, 0.15) is 27.6 Å². The summed E-state index contributed by atoms with van der Waals surface area (Å²) in [6, 6.07) is 3.86. The molecule has 4 nitrogen and oxygen atoms in total. The average Bonchev–Trinajstić information content (AvgIpc) is 2.51. The molecule has 15 heavy (non-hydrogen) atoms. The van der Waals surface area contributed by atoms with Gasteiger partial charge in [0.2, 0.25) is 0 Å². The molecule has 0 saturated heterocycles. The Kier molecular flexibility index (Phi) is 3.68. The zero-order chi connectivity index (χ0) is 11.4. The van der Waals surface area contributed by atoms with Gasteiger partial charge < -0.3 is 4.90 Å². The van der Waals surface area contributed by atoms with E-state index in [4.69, 9.17) is 22.1 Å². The van der Waals surface area contributed by atoms with Crippen molar-refractivity contribution in [3.63, 3.8) is 0 Å². The second-order valence-electron chi connectivity index (χ2n) is 2.86. The Labute approximate surface area is 96.6 Å². The number of aliphatic imine (C=N–C) groups is 1. The van der Waals surface area contributed by atoms with Crippen molar-refractivity contribution in [1.82, 2.24) is 4.90 Å². The molecule has 1 aromatic rings. The maximum atomic E-state index is 8.85. The van der Waals surface area contributed by atoms with E-state index in [1.54, 1.807) is 11.2 Å². The van der Waals surface area contributed by atoms with Gasteiger partial charge in [0.05, 0.1) is 11.4 Å². The van der Waals surface area contributed by atoms with Crippen LogP contribution >= 0.6 is 22.9 Å². The molecule has 0 aliphatic heterocycles. The van der Waals surface area contributed by atoms with Gasteiger partial charge in [0.15, 0.2) is 0 Å². The molecule has 1 rings (SSSR count). The number of thiophene rings is 1. The van der Waals surface area contributed by atoms with Crippen LogP contribution in [-0.4, -0.2) is 25.3 Å². The van der Waals surface area contributed by atoms with Crippen molar-refractivity contribution in [3.05, 3.63) is 15.5 Å². The molecule has 0 amide bonds. The van der Waals surface area contributed by atoms with Gasteiger partial charge in [-0.05, 0) is 0 Å². The molecular formula is C9H7ClN4S. The molecule has 0 aliphatic rings. The molecule has 0 fully saturated rings. The Morgan fingerprint density at radius 2 is 2.07 bits per heavy atom. The van der Waals surface area contributed by atoms with Gasteiger partial charge in [0.25, 0.3) is 0 Å². The van der Waals surface area contributed by atoms with E-state index in [2.05, 4.69) is 4.99 Å². The lowest BCUT2D eigenvalue weighted by molar-refractivity contribution is 0.643. The summed E-state index contributed by atoms with van der Waals surface area (Å²) in [5.41, 5.74) is 0.260. The summed E-state index contributed by atoms with van der Waals surface area (Å²) < 4.78 is 0. The Morgan fingerprint density at radius 1 is 1.40 bits per heavy atom. The fourth-order valence-corrected chi connectivity index (χ4v) is 1.95. The van der Waals surface area contributed by atoms with E-state index in [0.29, 0.717) is 9.88 Å². The first-order chi connectivity index (χ1) is 7.10. The topological polar surface area (TPSA) is 63.2 Å². The lowest BCUT2D eigenvalue weighted by Gasteiger charge is -2.00. The van der Waals surface area contributed by atoms with Crippen molar-refractivity contribution in [2.75, 3.05) is 14.1 Å². The fourth-order valence-electron chi connectivity index (χ4n) is 0.828. The van der Waals surface area contributed by atoms with Gasteiger partial charge >= 0.3 is 0 Å². The second-order valence-corrected chi connectivity index (χ2v) is 4.23. The van der Waals surface area contributed by atoms with E-state index >= 15 is 0 Å². The maximum Gasteiger partial charge on any atom is 0.138 e. The Balaban J connectivity index is 3.21. The minimum atomic E-state index is 0.191. The molecule has 0 radical (unpaired) electrons. The number of rotatable bonds is 2. The SMILES string of the molecule is CN(C)C=Nc1sc(C#N)c(Cl)c1C#N. The van der Waals surface area contributed by atoms with Crippen LogP contribution in [0.25, 0.3) is 0 Å². The van der Waals surface area contributed by atoms with E-state index in [0.717, 1.165) is 11.3 Å². The molecule has 76 valence electrons. The minimum absolute atomic E-state index is 0.191. The predicted octanol–water partition coefficient (Wildman–Crippen LogP) is 2.37. The highest BCUT2D eigenvalue weighted by Gasteiger charge is 2.15. The molecule has 0 N–H and O–H groups in total. The van der Waals surface area contributed by atoms with Gasteiger partial charge in [-0.25, -0.2) is 4.99 Å². The van der Waals surface area contributed by atoms with E-state index in [1.165, 1.54) is 0 Å². The summed E-state index contributed by atoms with van der Waals surface area (Å²) in [5, 5.41) is 18.2. The summed E-state index contributed by atoms with van der Waals surface area (Å²) in [5.74, 6) is 0. The standard InChI is InChI=1S/C9H7ClN4S/c1-14(2)5-13-9-6(3-11)8(10)7(4-12)15-9/h5H,1-2H3. The molecule has 0 atom stereocenters. The normalized spacial score (nSPS) is 9.93. The van der Waals surface area contributed by atoms with Gasteiger partial charge in [0, 0.05) is 14.1 Å². The van der Waals surface area contributed by atoms with Gasteiger partial charge in [-0.2, -0.15) is 10.5 Å². The molecule has 0 saturated carbocycles. The van der Waals surface area contributed by atoms with Crippen LogP contribution in [0, 0.1) is 22.7 Å². The zero-order valence-electron chi connectivity index (χ0n) is 8.15. The second kappa shape index (κ2) is 4.79. The van der Waals surface area contributed by atoms with E-state index in [-0.39, 0.29) is 10.6 Å². The van der Waals surface area contributed by atoms with Gasteiger partial charge in [-0.3, -0.25) is 0 Å². The molecule has 0 aliphatic carbocycles. The van der Waals surface area contributed by atoms with Crippen molar-refractivity contribution in [2.24, 2.45) is 4.99 Å². The molecule has 0 aromatic carbocycles. The molecule has 0 bridgehead atoms. The third kappa shape index (κ3) is 2.47. The van der Waals surface area contributed by atoms with Gasteiger partial charge in [-0.15, -0.1) is 11.3 Å². The Bertz CT molecular complexity index is 476. The van der Waals surface area contributed by atoms with Crippen molar-refractivity contribution >= 4 is 34.3 Å². The summed E-state index contributed by atoms with van der Waals surface area (Å²) in [6.45, 7) is 0. The minimum Gasteiger partial charge on any atom is -0.369 e. The molecule has 0 unspecified atom stereocenters. The summed E-state index contributed by atoms with van der Waals surface area (Å²) in [4.78, 5) is 6.12. The first-order valence-corrected chi connectivity index (χ1v) is 5.12. The average molecular weight is 239 g/mol. The van der Waals surface area contributed by atoms with Crippen LogP contribution in [0.2, 0.25) is 5.02 Å². The first-order valence-electron chi connectivity index (χ1n) is 3.93. The van der Waals surface area contributed by atoms with E-state index < -0.39 is 0 Å². The number of nitrogens with zero attached hydrogens (tertiary/aromatic N) is 4. The zero-order valence-corrected chi connectivity index (χ0v) is 9.72. The Morgan fingerprint density at radius 3 is 2.53 bits per heavy atom. The molecular weight excluding hydrogens is 232 g/mol. The number of nitriles is 2. The Hall–Kier alpha value is -1.56. The molecule has 1 heterocycles. The molecule has 0 spiro atoms. The summed E-state index contributed by atoms with van der Waals surface area (Å²) in [6.07, 6.45) is 1.56. The summed E-state index contributed by atoms with van der Waals surface area (Å²) >= 11 is 6.94. The molecule has 1 aromatic heterocycles.